The number of para-hydroxylation sites is 1. The molecule has 0 saturated heterocycles. The Hall–Kier alpha value is -1.22. The summed E-state index contributed by atoms with van der Waals surface area (Å²) < 4.78 is 5.32. The lowest BCUT2D eigenvalue weighted by Crippen LogP contribution is -2.12. The molecule has 15 heavy (non-hydrogen) atoms. The molecule has 82 valence electrons. The van der Waals surface area contributed by atoms with Crippen molar-refractivity contribution in [3.63, 3.8) is 0 Å². The summed E-state index contributed by atoms with van der Waals surface area (Å²) in [6.07, 6.45) is 2.33. The summed E-state index contributed by atoms with van der Waals surface area (Å²) in [5.74, 6) is 1.28. The van der Waals surface area contributed by atoms with Gasteiger partial charge in [0.2, 0.25) is 0 Å². The maximum absolute atomic E-state index is 9.96. The molecule has 1 saturated carbocycles. The summed E-state index contributed by atoms with van der Waals surface area (Å²) in [6, 6.07) is 5.47. The highest BCUT2D eigenvalue weighted by Crippen LogP contribution is 2.44. The van der Waals surface area contributed by atoms with Gasteiger partial charge in [-0.2, -0.15) is 0 Å². The summed E-state index contributed by atoms with van der Waals surface area (Å²) in [6.45, 7) is 2.45. The zero-order valence-electron chi connectivity index (χ0n) is 8.94. The molecule has 0 heterocycles. The third-order valence-corrected chi connectivity index (χ3v) is 2.82. The van der Waals surface area contributed by atoms with Gasteiger partial charge < -0.3 is 15.6 Å². The Morgan fingerprint density at radius 1 is 1.53 bits per heavy atom. The van der Waals surface area contributed by atoms with E-state index in [1.807, 2.05) is 19.1 Å². The fourth-order valence-electron chi connectivity index (χ4n) is 1.79. The van der Waals surface area contributed by atoms with Crippen molar-refractivity contribution < 1.29 is 9.84 Å². The highest BCUT2D eigenvalue weighted by Gasteiger charge is 2.31. The van der Waals surface area contributed by atoms with Gasteiger partial charge in [0, 0.05) is 11.6 Å². The zero-order valence-corrected chi connectivity index (χ0v) is 8.94. The van der Waals surface area contributed by atoms with Crippen molar-refractivity contribution in [3.8, 4) is 11.5 Å². The topological polar surface area (TPSA) is 55.5 Å². The van der Waals surface area contributed by atoms with Crippen LogP contribution in [0, 0.1) is 5.92 Å². The second kappa shape index (κ2) is 4.11. The molecule has 1 aromatic rings. The van der Waals surface area contributed by atoms with E-state index in [1.165, 1.54) is 12.8 Å². The van der Waals surface area contributed by atoms with Gasteiger partial charge in [-0.3, -0.25) is 0 Å². The summed E-state index contributed by atoms with van der Waals surface area (Å²) in [4.78, 5) is 0. The Bertz CT molecular complexity index is 347. The molecule has 1 aromatic carbocycles. The molecule has 1 fully saturated rings. The molecular weight excluding hydrogens is 190 g/mol. The summed E-state index contributed by atoms with van der Waals surface area (Å²) in [5.41, 5.74) is 6.86. The van der Waals surface area contributed by atoms with Crippen LogP contribution in [0.5, 0.6) is 11.5 Å². The van der Waals surface area contributed by atoms with Crippen LogP contribution in [-0.4, -0.2) is 11.7 Å². The summed E-state index contributed by atoms with van der Waals surface area (Å²) in [5, 5.41) is 9.96. The van der Waals surface area contributed by atoms with Gasteiger partial charge in [0.25, 0.3) is 0 Å². The van der Waals surface area contributed by atoms with Crippen LogP contribution in [0.2, 0.25) is 0 Å². The van der Waals surface area contributed by atoms with E-state index in [-0.39, 0.29) is 11.8 Å². The minimum absolute atomic E-state index is 0.0505. The number of hydrogen-bond acceptors (Lipinski definition) is 3. The molecule has 3 heteroatoms. The molecule has 0 spiro atoms. The Balaban J connectivity index is 2.26. The van der Waals surface area contributed by atoms with E-state index in [0.29, 0.717) is 18.3 Å². The molecule has 0 aliphatic heterocycles. The van der Waals surface area contributed by atoms with Crippen molar-refractivity contribution in [1.82, 2.24) is 0 Å². The summed E-state index contributed by atoms with van der Waals surface area (Å²) in [7, 11) is 0. The first-order chi connectivity index (χ1) is 7.24. The van der Waals surface area contributed by atoms with Crippen LogP contribution in [-0.2, 0) is 0 Å². The molecule has 1 aliphatic rings. The molecule has 0 radical (unpaired) electrons. The van der Waals surface area contributed by atoms with Crippen molar-refractivity contribution in [2.45, 2.75) is 25.8 Å². The van der Waals surface area contributed by atoms with Gasteiger partial charge in [0.15, 0.2) is 11.5 Å². The zero-order chi connectivity index (χ0) is 10.8. The molecule has 1 atom stereocenters. The van der Waals surface area contributed by atoms with Crippen LogP contribution < -0.4 is 10.5 Å². The standard InChI is InChI=1S/C12H17NO2/c1-2-15-10-5-3-4-9(12(10)14)11(13)8-6-7-8/h3-5,8,11,14H,2,6-7,13H2,1H3/t11-/m1/s1. The van der Waals surface area contributed by atoms with Crippen LogP contribution in [0.1, 0.15) is 31.4 Å². The van der Waals surface area contributed by atoms with E-state index in [1.54, 1.807) is 6.07 Å². The number of aromatic hydroxyl groups is 1. The fourth-order valence-corrected chi connectivity index (χ4v) is 1.79. The van der Waals surface area contributed by atoms with E-state index in [4.69, 9.17) is 10.5 Å². The van der Waals surface area contributed by atoms with E-state index < -0.39 is 0 Å². The molecule has 1 aliphatic carbocycles. The van der Waals surface area contributed by atoms with Crippen molar-refractivity contribution in [2.24, 2.45) is 11.7 Å². The Kier molecular flexibility index (Phi) is 2.82. The lowest BCUT2D eigenvalue weighted by Gasteiger charge is -2.15. The Labute approximate surface area is 89.9 Å². The molecule has 3 N–H and O–H groups in total. The third kappa shape index (κ3) is 2.07. The average molecular weight is 207 g/mol. The number of phenolic OH excluding ortho intramolecular Hbond substituents is 1. The number of hydrogen-bond donors (Lipinski definition) is 2. The van der Waals surface area contributed by atoms with Gasteiger partial charge in [0.1, 0.15) is 0 Å². The third-order valence-electron chi connectivity index (χ3n) is 2.82. The van der Waals surface area contributed by atoms with Gasteiger partial charge in [-0.25, -0.2) is 0 Å². The van der Waals surface area contributed by atoms with Crippen LogP contribution in [0.4, 0.5) is 0 Å². The van der Waals surface area contributed by atoms with Gasteiger partial charge >= 0.3 is 0 Å². The van der Waals surface area contributed by atoms with Gasteiger partial charge in [-0.05, 0) is 31.7 Å². The molecular formula is C12H17NO2. The maximum Gasteiger partial charge on any atom is 0.162 e. The predicted molar refractivity (Wildman–Crippen MR) is 58.9 cm³/mol. The largest absolute Gasteiger partial charge is 0.504 e. The number of phenols is 1. The quantitative estimate of drug-likeness (QED) is 0.795. The van der Waals surface area contributed by atoms with Crippen molar-refractivity contribution in [3.05, 3.63) is 23.8 Å². The van der Waals surface area contributed by atoms with Crippen molar-refractivity contribution in [2.75, 3.05) is 6.61 Å². The first-order valence-electron chi connectivity index (χ1n) is 5.44. The second-order valence-corrected chi connectivity index (χ2v) is 3.99. The molecule has 2 rings (SSSR count). The lowest BCUT2D eigenvalue weighted by molar-refractivity contribution is 0.315. The van der Waals surface area contributed by atoms with Crippen molar-refractivity contribution >= 4 is 0 Å². The van der Waals surface area contributed by atoms with Crippen LogP contribution in [0.15, 0.2) is 18.2 Å². The van der Waals surface area contributed by atoms with E-state index in [2.05, 4.69) is 0 Å². The van der Waals surface area contributed by atoms with E-state index >= 15 is 0 Å². The molecule has 0 unspecified atom stereocenters. The van der Waals surface area contributed by atoms with Gasteiger partial charge in [-0.15, -0.1) is 0 Å². The number of benzene rings is 1. The van der Waals surface area contributed by atoms with E-state index in [9.17, 15) is 5.11 Å². The monoisotopic (exact) mass is 207 g/mol. The molecule has 0 bridgehead atoms. The highest BCUT2D eigenvalue weighted by atomic mass is 16.5. The van der Waals surface area contributed by atoms with Gasteiger partial charge in [0.05, 0.1) is 6.61 Å². The smallest absolute Gasteiger partial charge is 0.162 e. The SMILES string of the molecule is CCOc1cccc([C@H](N)C2CC2)c1O. The lowest BCUT2D eigenvalue weighted by atomic mass is 10.0. The Morgan fingerprint density at radius 3 is 2.87 bits per heavy atom. The maximum atomic E-state index is 9.96. The van der Waals surface area contributed by atoms with Gasteiger partial charge in [-0.1, -0.05) is 12.1 Å². The molecule has 0 amide bonds. The first-order valence-corrected chi connectivity index (χ1v) is 5.44. The Morgan fingerprint density at radius 2 is 2.27 bits per heavy atom. The highest BCUT2D eigenvalue weighted by molar-refractivity contribution is 5.47. The van der Waals surface area contributed by atoms with E-state index in [0.717, 1.165) is 5.56 Å². The fraction of sp³-hybridized carbons (Fsp3) is 0.500. The minimum Gasteiger partial charge on any atom is -0.504 e. The van der Waals surface area contributed by atoms with Crippen molar-refractivity contribution in [1.29, 1.82) is 0 Å². The number of ether oxygens (including phenoxy) is 1. The number of rotatable bonds is 4. The second-order valence-electron chi connectivity index (χ2n) is 3.99. The molecule has 3 nitrogen and oxygen atoms in total. The molecule has 0 aromatic heterocycles. The number of nitrogens with two attached hydrogens (primary N) is 1. The summed E-state index contributed by atoms with van der Waals surface area (Å²) >= 11 is 0. The minimum atomic E-state index is -0.0505. The predicted octanol–water partition coefficient (Wildman–Crippen LogP) is 2.20. The first kappa shape index (κ1) is 10.3. The van der Waals surface area contributed by atoms with Crippen LogP contribution in [0.25, 0.3) is 0 Å². The normalized spacial score (nSPS) is 17.5. The van der Waals surface area contributed by atoms with Crippen LogP contribution >= 0.6 is 0 Å². The van der Waals surface area contributed by atoms with Crippen LogP contribution in [0.3, 0.4) is 0 Å². The average Bonchev–Trinajstić information content (AvgIpc) is 3.04.